The minimum absolute atomic E-state index is 0.156. The summed E-state index contributed by atoms with van der Waals surface area (Å²) >= 11 is 9.18. The molecule has 1 aromatic rings. The lowest BCUT2D eigenvalue weighted by Crippen LogP contribution is -2.40. The number of nitrogens with one attached hydrogen (secondary N) is 1. The van der Waals surface area contributed by atoms with Gasteiger partial charge in [0, 0.05) is 17.2 Å². The van der Waals surface area contributed by atoms with Crippen LogP contribution in [0.5, 0.6) is 0 Å². The van der Waals surface area contributed by atoms with E-state index < -0.39 is 0 Å². The number of carbonyl (C=O) groups is 1. The molecule has 0 aromatic carbocycles. The smallest absolute Gasteiger partial charge is 0.254 e. The van der Waals surface area contributed by atoms with Gasteiger partial charge in [-0.2, -0.15) is 0 Å². The van der Waals surface area contributed by atoms with Crippen LogP contribution in [0.4, 0.5) is 0 Å². The van der Waals surface area contributed by atoms with E-state index in [0.29, 0.717) is 12.1 Å². The maximum Gasteiger partial charge on any atom is 0.254 e. The Kier molecular flexibility index (Phi) is 3.73. The van der Waals surface area contributed by atoms with Crippen LogP contribution >= 0.6 is 27.5 Å². The second-order valence-electron chi connectivity index (χ2n) is 4.84. The lowest BCUT2D eigenvalue weighted by molar-refractivity contribution is 0.0890. The molecule has 3 nitrogen and oxygen atoms in total. The van der Waals surface area contributed by atoms with E-state index in [-0.39, 0.29) is 16.5 Å². The summed E-state index contributed by atoms with van der Waals surface area (Å²) in [6.45, 7) is 2.90. The normalized spacial score (nSPS) is 17.4. The number of aromatic nitrogens is 1. The van der Waals surface area contributed by atoms with Gasteiger partial charge in [-0.25, -0.2) is 4.98 Å². The molecule has 0 aliphatic heterocycles. The summed E-state index contributed by atoms with van der Waals surface area (Å²) in [6.07, 6.45) is 5.19. The van der Waals surface area contributed by atoms with Crippen LogP contribution in [-0.4, -0.2) is 17.4 Å². The summed E-state index contributed by atoms with van der Waals surface area (Å²) in [4.78, 5) is 15.9. The highest BCUT2D eigenvalue weighted by Crippen LogP contribution is 2.39. The van der Waals surface area contributed by atoms with Crippen molar-refractivity contribution in [3.63, 3.8) is 0 Å². The Morgan fingerprint density at radius 2 is 2.35 bits per heavy atom. The van der Waals surface area contributed by atoms with Gasteiger partial charge in [0.15, 0.2) is 0 Å². The van der Waals surface area contributed by atoms with E-state index in [2.05, 4.69) is 33.2 Å². The lowest BCUT2D eigenvalue weighted by atomic mass is 9.70. The number of hydrogen-bond donors (Lipinski definition) is 1. The molecule has 0 atom stereocenters. The molecule has 1 amide bonds. The summed E-state index contributed by atoms with van der Waals surface area (Å²) < 4.78 is 0.752. The molecule has 0 radical (unpaired) electrons. The average Bonchev–Trinajstić information content (AvgIpc) is 2.26. The van der Waals surface area contributed by atoms with Gasteiger partial charge in [-0.05, 0) is 40.3 Å². The first-order valence-electron chi connectivity index (χ1n) is 5.59. The molecule has 1 fully saturated rings. The predicted octanol–water partition coefficient (Wildman–Crippen LogP) is 3.42. The number of hydrogen-bond acceptors (Lipinski definition) is 2. The highest BCUT2D eigenvalue weighted by molar-refractivity contribution is 9.10. The van der Waals surface area contributed by atoms with E-state index >= 15 is 0 Å². The first kappa shape index (κ1) is 12.8. The van der Waals surface area contributed by atoms with Gasteiger partial charge < -0.3 is 5.32 Å². The minimum atomic E-state index is -0.156. The van der Waals surface area contributed by atoms with E-state index in [1.54, 1.807) is 12.3 Å². The summed E-state index contributed by atoms with van der Waals surface area (Å²) in [5, 5.41) is 3.17. The predicted molar refractivity (Wildman–Crippen MR) is 71.2 cm³/mol. The molecular weight excluding hydrogens is 304 g/mol. The van der Waals surface area contributed by atoms with Gasteiger partial charge >= 0.3 is 0 Å². The molecule has 1 heterocycles. The van der Waals surface area contributed by atoms with Crippen molar-refractivity contribution in [2.24, 2.45) is 5.41 Å². The molecule has 1 N–H and O–H groups in total. The molecule has 2 rings (SSSR count). The van der Waals surface area contributed by atoms with Crippen molar-refractivity contribution < 1.29 is 4.79 Å². The van der Waals surface area contributed by atoms with Gasteiger partial charge in [0.1, 0.15) is 5.15 Å². The van der Waals surface area contributed by atoms with Crippen molar-refractivity contribution in [3.8, 4) is 0 Å². The molecule has 0 bridgehead atoms. The molecule has 1 aliphatic rings. The van der Waals surface area contributed by atoms with Gasteiger partial charge in [0.05, 0.1) is 5.56 Å². The zero-order valence-corrected chi connectivity index (χ0v) is 11.9. The molecule has 5 heteroatoms. The van der Waals surface area contributed by atoms with Crippen molar-refractivity contribution in [1.82, 2.24) is 10.3 Å². The lowest BCUT2D eigenvalue weighted by Gasteiger charge is -2.38. The molecule has 17 heavy (non-hydrogen) atoms. The average molecular weight is 318 g/mol. The first-order chi connectivity index (χ1) is 8.00. The van der Waals surface area contributed by atoms with Gasteiger partial charge in [-0.15, -0.1) is 0 Å². The molecule has 92 valence electrons. The van der Waals surface area contributed by atoms with Crippen molar-refractivity contribution in [2.75, 3.05) is 6.54 Å². The number of carbonyl (C=O) groups excluding carboxylic acids is 1. The fraction of sp³-hybridized carbons (Fsp3) is 0.500. The van der Waals surface area contributed by atoms with Crippen LogP contribution in [-0.2, 0) is 0 Å². The van der Waals surface area contributed by atoms with Crippen LogP contribution in [0.1, 0.15) is 36.5 Å². The van der Waals surface area contributed by atoms with E-state index in [9.17, 15) is 4.79 Å². The third kappa shape index (κ3) is 2.99. The molecule has 1 saturated carbocycles. The first-order valence-corrected chi connectivity index (χ1v) is 6.77. The molecule has 1 aromatic heterocycles. The molecule has 0 unspecified atom stereocenters. The van der Waals surface area contributed by atoms with E-state index in [0.717, 1.165) is 4.47 Å². The summed E-state index contributed by atoms with van der Waals surface area (Å²) in [5.41, 5.74) is 0.686. The Labute approximate surface area is 114 Å². The zero-order valence-electron chi connectivity index (χ0n) is 9.59. The molecule has 1 aliphatic carbocycles. The van der Waals surface area contributed by atoms with E-state index in [1.165, 1.54) is 19.3 Å². The number of nitrogens with zero attached hydrogens (tertiary/aromatic N) is 1. The molecule has 0 spiro atoms. The van der Waals surface area contributed by atoms with Crippen molar-refractivity contribution in [3.05, 3.63) is 27.5 Å². The van der Waals surface area contributed by atoms with Crippen LogP contribution in [0.15, 0.2) is 16.7 Å². The highest BCUT2D eigenvalue weighted by Gasteiger charge is 2.32. The number of pyridine rings is 1. The Bertz CT molecular complexity index is 446. The Hall–Kier alpha value is -0.610. The topological polar surface area (TPSA) is 42.0 Å². The minimum Gasteiger partial charge on any atom is -0.351 e. The van der Waals surface area contributed by atoms with Gasteiger partial charge in [0.25, 0.3) is 5.91 Å². The quantitative estimate of drug-likeness (QED) is 0.868. The number of rotatable bonds is 3. The van der Waals surface area contributed by atoms with Gasteiger partial charge in [-0.3, -0.25) is 4.79 Å². The summed E-state index contributed by atoms with van der Waals surface area (Å²) in [7, 11) is 0. The van der Waals surface area contributed by atoms with Crippen molar-refractivity contribution >= 4 is 33.4 Å². The summed E-state index contributed by atoms with van der Waals surface area (Å²) in [6, 6.07) is 1.69. The van der Waals surface area contributed by atoms with Crippen LogP contribution in [0.2, 0.25) is 5.15 Å². The van der Waals surface area contributed by atoms with Crippen LogP contribution in [0.25, 0.3) is 0 Å². The molecule has 0 saturated heterocycles. The molecular formula is C12H14BrClN2O. The van der Waals surface area contributed by atoms with Gasteiger partial charge in [-0.1, -0.05) is 24.9 Å². The standard InChI is InChI=1S/C12H14BrClN2O/c1-12(3-2-4-12)7-16-11(17)9-5-8(13)6-15-10(9)14/h5-6H,2-4,7H2,1H3,(H,16,17). The number of halogens is 2. The maximum absolute atomic E-state index is 11.9. The summed E-state index contributed by atoms with van der Waals surface area (Å²) in [5.74, 6) is -0.156. The maximum atomic E-state index is 11.9. The third-order valence-corrected chi connectivity index (χ3v) is 4.02. The van der Waals surface area contributed by atoms with Gasteiger partial charge in [0.2, 0.25) is 0 Å². The van der Waals surface area contributed by atoms with Crippen molar-refractivity contribution in [2.45, 2.75) is 26.2 Å². The second-order valence-corrected chi connectivity index (χ2v) is 6.11. The second kappa shape index (κ2) is 4.94. The Morgan fingerprint density at radius 1 is 1.65 bits per heavy atom. The van der Waals surface area contributed by atoms with Crippen LogP contribution in [0.3, 0.4) is 0 Å². The highest BCUT2D eigenvalue weighted by atomic mass is 79.9. The fourth-order valence-corrected chi connectivity index (χ4v) is 2.45. The largest absolute Gasteiger partial charge is 0.351 e. The third-order valence-electron chi connectivity index (χ3n) is 3.29. The Balaban J connectivity index is 2.01. The van der Waals surface area contributed by atoms with E-state index in [4.69, 9.17) is 11.6 Å². The SMILES string of the molecule is CC1(CNC(=O)c2cc(Br)cnc2Cl)CCC1. The zero-order chi connectivity index (χ0) is 12.5. The monoisotopic (exact) mass is 316 g/mol. The van der Waals surface area contributed by atoms with Crippen LogP contribution < -0.4 is 5.32 Å². The van der Waals surface area contributed by atoms with Crippen molar-refractivity contribution in [1.29, 1.82) is 0 Å². The number of amides is 1. The van der Waals surface area contributed by atoms with E-state index in [1.807, 2.05) is 0 Å². The Morgan fingerprint density at radius 3 is 2.94 bits per heavy atom. The van der Waals surface area contributed by atoms with Crippen LogP contribution in [0, 0.1) is 5.41 Å². The fourth-order valence-electron chi connectivity index (χ4n) is 1.93.